The van der Waals surface area contributed by atoms with Gasteiger partial charge in [-0.15, -0.1) is 0 Å². The molecule has 2 aromatic rings. The van der Waals surface area contributed by atoms with Gasteiger partial charge in [0, 0.05) is 6.54 Å². The molecule has 8 heteroatoms. The predicted octanol–water partition coefficient (Wildman–Crippen LogP) is 1.81. The van der Waals surface area contributed by atoms with Crippen molar-refractivity contribution < 1.29 is 23.9 Å². The molecular weight excluding hydrogens is 374 g/mol. The first-order valence-electron chi connectivity index (χ1n) is 9.23. The molecule has 2 heterocycles. The number of benzene rings is 2. The fourth-order valence-corrected chi connectivity index (χ4v) is 3.37. The Hall–Kier alpha value is -3.55. The first kappa shape index (κ1) is 18.8. The van der Waals surface area contributed by atoms with E-state index in [-0.39, 0.29) is 19.9 Å². The Bertz CT molecular complexity index is 988. The summed E-state index contributed by atoms with van der Waals surface area (Å²) < 4.78 is 10.6. The van der Waals surface area contributed by atoms with Crippen molar-refractivity contribution in [2.24, 2.45) is 0 Å². The topological polar surface area (TPSA) is 97.0 Å². The highest BCUT2D eigenvalue weighted by Crippen LogP contribution is 2.32. The van der Waals surface area contributed by atoms with E-state index in [1.807, 2.05) is 25.1 Å². The molecule has 2 N–H and O–H groups in total. The van der Waals surface area contributed by atoms with Crippen molar-refractivity contribution in [1.29, 1.82) is 0 Å². The van der Waals surface area contributed by atoms with Gasteiger partial charge in [-0.05, 0) is 37.1 Å². The van der Waals surface area contributed by atoms with E-state index < -0.39 is 23.4 Å². The monoisotopic (exact) mass is 395 g/mol. The molecule has 1 saturated heterocycles. The van der Waals surface area contributed by atoms with E-state index in [9.17, 15) is 14.4 Å². The number of hydrogen-bond donors (Lipinski definition) is 2. The second-order valence-corrected chi connectivity index (χ2v) is 7.28. The molecule has 0 saturated carbocycles. The molecule has 8 nitrogen and oxygen atoms in total. The van der Waals surface area contributed by atoms with Crippen LogP contribution in [0.25, 0.3) is 0 Å². The molecule has 0 spiro atoms. The second kappa shape index (κ2) is 7.12. The molecule has 0 bridgehead atoms. The van der Waals surface area contributed by atoms with Crippen LogP contribution in [0.5, 0.6) is 11.5 Å². The van der Waals surface area contributed by atoms with Gasteiger partial charge in [0.1, 0.15) is 12.1 Å². The summed E-state index contributed by atoms with van der Waals surface area (Å²) in [5.74, 6) is 0.401. The van der Waals surface area contributed by atoms with E-state index in [0.29, 0.717) is 17.1 Å². The van der Waals surface area contributed by atoms with Crippen molar-refractivity contribution in [3.63, 3.8) is 0 Å². The number of rotatable bonds is 5. The largest absolute Gasteiger partial charge is 0.454 e. The predicted molar refractivity (Wildman–Crippen MR) is 103 cm³/mol. The van der Waals surface area contributed by atoms with Crippen LogP contribution in [-0.2, 0) is 21.7 Å². The summed E-state index contributed by atoms with van der Waals surface area (Å²) in [6.45, 7) is 3.66. The minimum atomic E-state index is -1.19. The third-order valence-corrected chi connectivity index (χ3v) is 5.13. The van der Waals surface area contributed by atoms with Gasteiger partial charge < -0.3 is 20.1 Å². The summed E-state index contributed by atoms with van der Waals surface area (Å²) in [5.41, 5.74) is 1.35. The van der Waals surface area contributed by atoms with Crippen LogP contribution >= 0.6 is 0 Å². The van der Waals surface area contributed by atoms with E-state index in [1.165, 1.54) is 0 Å². The standard InChI is InChI=1S/C21H21N3O5/c1-13-3-6-15(7-4-13)21(2)19(26)24(20(27)23-21)11-18(25)22-10-14-5-8-16-17(9-14)29-12-28-16/h3-9H,10-12H2,1-2H3,(H,22,25)(H,23,27)/t21-/m1/s1. The molecule has 0 radical (unpaired) electrons. The van der Waals surface area contributed by atoms with Crippen molar-refractivity contribution in [3.8, 4) is 11.5 Å². The van der Waals surface area contributed by atoms with Crippen LogP contribution in [0.1, 0.15) is 23.6 Å². The number of aryl methyl sites for hydroxylation is 1. The number of nitrogens with one attached hydrogen (secondary N) is 2. The molecule has 2 aromatic carbocycles. The van der Waals surface area contributed by atoms with Gasteiger partial charge in [0.15, 0.2) is 11.5 Å². The van der Waals surface area contributed by atoms with Gasteiger partial charge >= 0.3 is 6.03 Å². The van der Waals surface area contributed by atoms with Crippen LogP contribution in [0, 0.1) is 6.92 Å². The number of hydrogen-bond acceptors (Lipinski definition) is 5. The zero-order valence-electron chi connectivity index (χ0n) is 16.2. The van der Waals surface area contributed by atoms with E-state index in [1.54, 1.807) is 31.2 Å². The molecule has 4 rings (SSSR count). The molecule has 29 heavy (non-hydrogen) atoms. The Kier molecular flexibility index (Phi) is 4.62. The molecule has 0 aromatic heterocycles. The molecule has 0 unspecified atom stereocenters. The molecular formula is C21H21N3O5. The van der Waals surface area contributed by atoms with Crippen LogP contribution in [0.15, 0.2) is 42.5 Å². The second-order valence-electron chi connectivity index (χ2n) is 7.28. The lowest BCUT2D eigenvalue weighted by Gasteiger charge is -2.22. The molecule has 0 aliphatic carbocycles. The first-order valence-corrected chi connectivity index (χ1v) is 9.23. The van der Waals surface area contributed by atoms with Gasteiger partial charge in [0.2, 0.25) is 12.7 Å². The number of amides is 4. The number of imide groups is 1. The lowest BCUT2D eigenvalue weighted by molar-refractivity contribution is -0.134. The van der Waals surface area contributed by atoms with Crippen LogP contribution in [0.3, 0.4) is 0 Å². The van der Waals surface area contributed by atoms with Crippen LogP contribution in [0.4, 0.5) is 4.79 Å². The molecule has 1 atom stereocenters. The average molecular weight is 395 g/mol. The van der Waals surface area contributed by atoms with Crippen LogP contribution in [-0.4, -0.2) is 36.1 Å². The Balaban J connectivity index is 1.39. The fraction of sp³-hybridized carbons (Fsp3) is 0.286. The van der Waals surface area contributed by atoms with Crippen molar-refractivity contribution in [1.82, 2.24) is 15.5 Å². The van der Waals surface area contributed by atoms with Crippen LogP contribution < -0.4 is 20.1 Å². The third kappa shape index (κ3) is 3.49. The first-order chi connectivity index (χ1) is 13.9. The highest BCUT2D eigenvalue weighted by Gasteiger charge is 2.49. The van der Waals surface area contributed by atoms with E-state index >= 15 is 0 Å². The number of carbonyl (C=O) groups excluding carboxylic acids is 3. The molecule has 2 aliphatic rings. The zero-order valence-corrected chi connectivity index (χ0v) is 16.2. The lowest BCUT2D eigenvalue weighted by atomic mass is 9.91. The van der Waals surface area contributed by atoms with Gasteiger partial charge in [0.25, 0.3) is 5.91 Å². The van der Waals surface area contributed by atoms with Gasteiger partial charge in [-0.3, -0.25) is 14.5 Å². The molecule has 150 valence electrons. The lowest BCUT2D eigenvalue weighted by Crippen LogP contribution is -2.43. The fourth-order valence-electron chi connectivity index (χ4n) is 3.37. The highest BCUT2D eigenvalue weighted by molar-refractivity contribution is 6.09. The van der Waals surface area contributed by atoms with Gasteiger partial charge in [0.05, 0.1) is 0 Å². The Labute approximate surface area is 167 Å². The van der Waals surface area contributed by atoms with Gasteiger partial charge in [-0.2, -0.15) is 0 Å². The quantitative estimate of drug-likeness (QED) is 0.753. The van der Waals surface area contributed by atoms with Gasteiger partial charge in [-0.1, -0.05) is 35.9 Å². The summed E-state index contributed by atoms with van der Waals surface area (Å²) in [7, 11) is 0. The van der Waals surface area contributed by atoms with Crippen LogP contribution in [0.2, 0.25) is 0 Å². The number of nitrogens with zero attached hydrogens (tertiary/aromatic N) is 1. The smallest absolute Gasteiger partial charge is 0.325 e. The summed E-state index contributed by atoms with van der Waals surface area (Å²) >= 11 is 0. The van der Waals surface area contributed by atoms with E-state index in [2.05, 4.69) is 10.6 Å². The Morgan fingerprint density at radius 2 is 1.86 bits per heavy atom. The maximum Gasteiger partial charge on any atom is 0.325 e. The maximum absolute atomic E-state index is 12.9. The van der Waals surface area contributed by atoms with Gasteiger partial charge in [-0.25, -0.2) is 4.79 Å². The summed E-state index contributed by atoms with van der Waals surface area (Å²) in [5, 5.41) is 5.42. The van der Waals surface area contributed by atoms with Crippen molar-refractivity contribution >= 4 is 17.8 Å². The summed E-state index contributed by atoms with van der Waals surface area (Å²) in [4.78, 5) is 38.5. The number of fused-ring (bicyclic) bond motifs is 1. The van der Waals surface area contributed by atoms with Crippen molar-refractivity contribution in [2.45, 2.75) is 25.9 Å². The van der Waals surface area contributed by atoms with E-state index in [0.717, 1.165) is 16.0 Å². The molecule has 4 amide bonds. The van der Waals surface area contributed by atoms with Crippen molar-refractivity contribution in [3.05, 3.63) is 59.2 Å². The number of ether oxygens (including phenoxy) is 2. The zero-order chi connectivity index (χ0) is 20.6. The number of carbonyl (C=O) groups is 3. The summed E-state index contributed by atoms with van der Waals surface area (Å²) in [6, 6.07) is 12.1. The Morgan fingerprint density at radius 1 is 1.14 bits per heavy atom. The molecule has 2 aliphatic heterocycles. The average Bonchev–Trinajstić information content (AvgIpc) is 3.25. The van der Waals surface area contributed by atoms with Crippen molar-refractivity contribution in [2.75, 3.05) is 13.3 Å². The molecule has 1 fully saturated rings. The highest BCUT2D eigenvalue weighted by atomic mass is 16.7. The normalized spacial score (nSPS) is 20.0. The summed E-state index contributed by atoms with van der Waals surface area (Å²) in [6.07, 6.45) is 0. The minimum Gasteiger partial charge on any atom is -0.454 e. The minimum absolute atomic E-state index is 0.178. The van der Waals surface area contributed by atoms with E-state index in [4.69, 9.17) is 9.47 Å². The SMILES string of the molecule is Cc1ccc([C@@]2(C)NC(=O)N(CC(=O)NCc3ccc4c(c3)OCO4)C2=O)cc1. The maximum atomic E-state index is 12.9. The number of urea groups is 1. The Morgan fingerprint density at radius 3 is 2.62 bits per heavy atom. The third-order valence-electron chi connectivity index (χ3n) is 5.13.